The van der Waals surface area contributed by atoms with Gasteiger partial charge >= 0.3 is 11.9 Å². The van der Waals surface area contributed by atoms with Gasteiger partial charge in [-0.2, -0.15) is 0 Å². The molecule has 1 fully saturated rings. The first-order valence-corrected chi connectivity index (χ1v) is 7.98. The molecule has 0 spiro atoms. The Hall–Kier alpha value is -0.770. The van der Waals surface area contributed by atoms with Crippen LogP contribution in [0.25, 0.3) is 0 Å². The lowest BCUT2D eigenvalue weighted by Gasteiger charge is -2.22. The van der Waals surface area contributed by atoms with Crippen molar-refractivity contribution in [2.45, 2.75) is 78.1 Å². The van der Waals surface area contributed by atoms with Gasteiger partial charge < -0.3 is 10.2 Å². The van der Waals surface area contributed by atoms with Crippen LogP contribution in [0.4, 0.5) is 0 Å². The number of carbonyl (C=O) groups is 2. The summed E-state index contributed by atoms with van der Waals surface area (Å²) in [5, 5.41) is 17.2. The van der Waals surface area contributed by atoms with Gasteiger partial charge in [-0.3, -0.25) is 9.59 Å². The molecule has 0 aromatic rings. The molecule has 0 heterocycles. The fourth-order valence-electron chi connectivity index (χ4n) is 2.44. The largest absolute Gasteiger partial charge is 0.481 e. The first-order chi connectivity index (χ1) is 9.52. The minimum absolute atomic E-state index is 0. The molecule has 4 nitrogen and oxygen atoms in total. The van der Waals surface area contributed by atoms with Crippen LogP contribution < -0.4 is 0 Å². The molecular formula is C16H31ClO4. The monoisotopic (exact) mass is 322 g/mol. The maximum atomic E-state index is 10.5. The first kappa shape index (κ1) is 22.5. The lowest BCUT2D eigenvalue weighted by molar-refractivity contribution is -0.148. The molecule has 126 valence electrons. The van der Waals surface area contributed by atoms with Crippen molar-refractivity contribution in [1.82, 2.24) is 0 Å². The number of unbranched alkanes of at least 4 members (excludes halogenated alkanes) is 5. The summed E-state index contributed by atoms with van der Waals surface area (Å²) in [4.78, 5) is 21.0. The van der Waals surface area contributed by atoms with E-state index in [2.05, 4.69) is 13.8 Å². The van der Waals surface area contributed by atoms with Crippen molar-refractivity contribution < 1.29 is 19.8 Å². The van der Waals surface area contributed by atoms with E-state index in [-0.39, 0.29) is 24.2 Å². The van der Waals surface area contributed by atoms with E-state index in [1.165, 1.54) is 38.5 Å². The smallest absolute Gasteiger partial charge is 0.306 e. The van der Waals surface area contributed by atoms with E-state index in [9.17, 15) is 9.59 Å². The third-order valence-electron chi connectivity index (χ3n) is 3.88. The Bertz CT molecular complexity index is 245. The summed E-state index contributed by atoms with van der Waals surface area (Å²) in [6, 6.07) is 0. The fourth-order valence-corrected chi connectivity index (χ4v) is 2.44. The molecule has 0 saturated heterocycles. The molecular weight excluding hydrogens is 292 g/mol. The zero-order valence-corrected chi connectivity index (χ0v) is 14.2. The molecule has 0 aromatic carbocycles. The summed E-state index contributed by atoms with van der Waals surface area (Å²) >= 11 is 0. The Morgan fingerprint density at radius 1 is 0.762 bits per heavy atom. The van der Waals surface area contributed by atoms with E-state index in [1.54, 1.807) is 0 Å². The van der Waals surface area contributed by atoms with Gasteiger partial charge in [-0.15, -0.1) is 12.4 Å². The molecule has 21 heavy (non-hydrogen) atoms. The molecule has 0 bridgehead atoms. The maximum absolute atomic E-state index is 10.5. The van der Waals surface area contributed by atoms with Crippen LogP contribution in [0.1, 0.15) is 78.1 Å². The van der Waals surface area contributed by atoms with Gasteiger partial charge in [0.1, 0.15) is 0 Å². The predicted octanol–water partition coefficient (Wildman–Crippen LogP) is 4.75. The summed E-state index contributed by atoms with van der Waals surface area (Å²) in [7, 11) is 0. The minimum Gasteiger partial charge on any atom is -0.481 e. The van der Waals surface area contributed by atoms with Crippen molar-refractivity contribution in [2.24, 2.45) is 11.8 Å². The molecule has 0 aliphatic heterocycles. The Balaban J connectivity index is 0. The highest BCUT2D eigenvalue weighted by molar-refractivity contribution is 5.85. The van der Waals surface area contributed by atoms with Gasteiger partial charge in [0.05, 0.1) is 11.8 Å². The number of rotatable bonds is 7. The molecule has 0 aromatic heterocycles. The second kappa shape index (κ2) is 14.2. The average Bonchev–Trinajstić information content (AvgIpc) is 2.44. The number of halogens is 1. The summed E-state index contributed by atoms with van der Waals surface area (Å²) in [6.07, 6.45) is 10.5. The van der Waals surface area contributed by atoms with Gasteiger partial charge in [0, 0.05) is 0 Å². The summed E-state index contributed by atoms with van der Waals surface area (Å²) in [5.41, 5.74) is 0. The molecule has 1 aliphatic rings. The van der Waals surface area contributed by atoms with Crippen LogP contribution in [-0.4, -0.2) is 22.2 Å². The molecule has 0 amide bonds. The van der Waals surface area contributed by atoms with Gasteiger partial charge in [0.25, 0.3) is 0 Å². The lowest BCUT2D eigenvalue weighted by Crippen LogP contribution is -2.25. The Morgan fingerprint density at radius 2 is 1.05 bits per heavy atom. The SMILES string of the molecule is CCCCCCCC.Cl.O=C(O)C1CCC(C(=O)O)CC1. The van der Waals surface area contributed by atoms with Crippen molar-refractivity contribution in [3.05, 3.63) is 0 Å². The standard InChI is InChI=1S/C8H12O4.C8H18.ClH/c9-7(10)5-1-2-6(4-3-5)8(11)12;1-3-5-7-8-6-4-2;/h5-6H,1-4H2,(H,9,10)(H,11,12);3-8H2,1-2H3;1H. The molecule has 5 heteroatoms. The molecule has 0 radical (unpaired) electrons. The second-order valence-electron chi connectivity index (χ2n) is 5.64. The lowest BCUT2D eigenvalue weighted by atomic mass is 9.82. The minimum atomic E-state index is -0.793. The molecule has 0 atom stereocenters. The average molecular weight is 323 g/mol. The van der Waals surface area contributed by atoms with E-state index in [4.69, 9.17) is 10.2 Å². The molecule has 1 saturated carbocycles. The van der Waals surface area contributed by atoms with Gasteiger partial charge in [0.15, 0.2) is 0 Å². The van der Waals surface area contributed by atoms with Crippen LogP contribution in [0.5, 0.6) is 0 Å². The number of aliphatic carboxylic acids is 2. The van der Waals surface area contributed by atoms with Crippen molar-refractivity contribution in [3.8, 4) is 0 Å². The van der Waals surface area contributed by atoms with Crippen LogP contribution in [-0.2, 0) is 9.59 Å². The van der Waals surface area contributed by atoms with Crippen LogP contribution in [0.2, 0.25) is 0 Å². The van der Waals surface area contributed by atoms with Gasteiger partial charge in [0.2, 0.25) is 0 Å². The van der Waals surface area contributed by atoms with Crippen LogP contribution >= 0.6 is 12.4 Å². The first-order valence-electron chi connectivity index (χ1n) is 7.98. The summed E-state index contributed by atoms with van der Waals surface area (Å²) < 4.78 is 0. The van der Waals surface area contributed by atoms with E-state index < -0.39 is 11.9 Å². The van der Waals surface area contributed by atoms with Crippen molar-refractivity contribution in [2.75, 3.05) is 0 Å². The third kappa shape index (κ3) is 11.6. The fraction of sp³-hybridized carbons (Fsp3) is 0.875. The zero-order chi connectivity index (χ0) is 15.4. The van der Waals surface area contributed by atoms with Gasteiger partial charge in [-0.25, -0.2) is 0 Å². The number of carboxylic acid groups (broad SMARTS) is 2. The van der Waals surface area contributed by atoms with Gasteiger partial charge in [-0.05, 0) is 25.7 Å². The van der Waals surface area contributed by atoms with Gasteiger partial charge in [-0.1, -0.05) is 52.4 Å². The van der Waals surface area contributed by atoms with Crippen molar-refractivity contribution in [1.29, 1.82) is 0 Å². The topological polar surface area (TPSA) is 74.6 Å². The quantitative estimate of drug-likeness (QED) is 0.663. The Morgan fingerprint density at radius 3 is 1.24 bits per heavy atom. The highest BCUT2D eigenvalue weighted by atomic mass is 35.5. The van der Waals surface area contributed by atoms with E-state index in [1.807, 2.05) is 0 Å². The molecule has 0 unspecified atom stereocenters. The molecule has 2 N–H and O–H groups in total. The Kier molecular flexibility index (Phi) is 15.2. The van der Waals surface area contributed by atoms with Crippen molar-refractivity contribution >= 4 is 24.3 Å². The van der Waals surface area contributed by atoms with Crippen molar-refractivity contribution in [3.63, 3.8) is 0 Å². The van der Waals surface area contributed by atoms with Crippen LogP contribution in [0, 0.1) is 11.8 Å². The normalized spacial score (nSPS) is 20.7. The predicted molar refractivity (Wildman–Crippen MR) is 87.0 cm³/mol. The van der Waals surface area contributed by atoms with E-state index in [0.29, 0.717) is 25.7 Å². The molecule has 1 rings (SSSR count). The highest BCUT2D eigenvalue weighted by Gasteiger charge is 2.29. The number of hydrogen-bond acceptors (Lipinski definition) is 2. The van der Waals surface area contributed by atoms with Crippen LogP contribution in [0.15, 0.2) is 0 Å². The number of carboxylic acids is 2. The molecule has 1 aliphatic carbocycles. The van der Waals surface area contributed by atoms with E-state index in [0.717, 1.165) is 0 Å². The van der Waals surface area contributed by atoms with E-state index >= 15 is 0 Å². The Labute approximate surface area is 134 Å². The second-order valence-corrected chi connectivity index (χ2v) is 5.64. The third-order valence-corrected chi connectivity index (χ3v) is 3.88. The highest BCUT2D eigenvalue weighted by Crippen LogP contribution is 2.28. The van der Waals surface area contributed by atoms with Crippen LogP contribution in [0.3, 0.4) is 0 Å². The maximum Gasteiger partial charge on any atom is 0.306 e. The summed E-state index contributed by atoms with van der Waals surface area (Å²) in [5.74, 6) is -2.22. The summed E-state index contributed by atoms with van der Waals surface area (Å²) in [6.45, 7) is 4.51. The number of hydrogen-bond donors (Lipinski definition) is 2. The zero-order valence-electron chi connectivity index (χ0n) is 13.3.